The molecule has 1 fully saturated rings. The molecule has 1 saturated carbocycles. The Kier molecular flexibility index (Phi) is 5.13. The van der Waals surface area contributed by atoms with E-state index in [2.05, 4.69) is 15.5 Å². The second-order valence-electron chi connectivity index (χ2n) is 6.26. The van der Waals surface area contributed by atoms with Gasteiger partial charge in [-0.05, 0) is 55.3 Å². The summed E-state index contributed by atoms with van der Waals surface area (Å²) in [5.41, 5.74) is 1.47. The smallest absolute Gasteiger partial charge is 0.234 e. The highest BCUT2D eigenvalue weighted by Gasteiger charge is 2.30. The van der Waals surface area contributed by atoms with Gasteiger partial charge in [0.05, 0.1) is 5.75 Å². The molecule has 4 rings (SSSR count). The topological polar surface area (TPSA) is 59.8 Å². The Labute approximate surface area is 164 Å². The molecule has 0 radical (unpaired) electrons. The zero-order valence-electron chi connectivity index (χ0n) is 14.2. The van der Waals surface area contributed by atoms with Crippen LogP contribution in [-0.4, -0.2) is 26.4 Å². The highest BCUT2D eigenvalue weighted by atomic mass is 35.5. The SMILES string of the molecule is O=C(CSc1nnc(-c2ccc(F)cc2)n1C1CC1)Nc1cccc(Cl)c1. The van der Waals surface area contributed by atoms with Gasteiger partial charge in [-0.15, -0.1) is 10.2 Å². The highest BCUT2D eigenvalue weighted by Crippen LogP contribution is 2.41. The van der Waals surface area contributed by atoms with Crippen LogP contribution in [-0.2, 0) is 4.79 Å². The molecule has 0 spiro atoms. The van der Waals surface area contributed by atoms with E-state index in [4.69, 9.17) is 11.6 Å². The molecule has 1 aromatic heterocycles. The summed E-state index contributed by atoms with van der Waals surface area (Å²) < 4.78 is 15.2. The van der Waals surface area contributed by atoms with Crippen molar-refractivity contribution in [2.24, 2.45) is 0 Å². The van der Waals surface area contributed by atoms with E-state index in [1.807, 2.05) is 4.57 Å². The predicted molar refractivity (Wildman–Crippen MR) is 104 cm³/mol. The zero-order valence-corrected chi connectivity index (χ0v) is 15.8. The maximum atomic E-state index is 13.2. The van der Waals surface area contributed by atoms with Gasteiger partial charge < -0.3 is 5.32 Å². The van der Waals surface area contributed by atoms with Gasteiger partial charge in [-0.3, -0.25) is 9.36 Å². The summed E-state index contributed by atoms with van der Waals surface area (Å²) in [6, 6.07) is 13.6. The van der Waals surface area contributed by atoms with Crippen LogP contribution in [0, 0.1) is 5.82 Å². The largest absolute Gasteiger partial charge is 0.325 e. The minimum absolute atomic E-state index is 0.143. The molecule has 138 valence electrons. The van der Waals surface area contributed by atoms with Crippen molar-refractivity contribution in [1.82, 2.24) is 14.8 Å². The van der Waals surface area contributed by atoms with Crippen molar-refractivity contribution in [3.05, 3.63) is 59.4 Å². The zero-order chi connectivity index (χ0) is 18.8. The number of hydrogen-bond donors (Lipinski definition) is 1. The summed E-state index contributed by atoms with van der Waals surface area (Å²) in [5, 5.41) is 12.6. The van der Waals surface area contributed by atoms with Crippen molar-refractivity contribution in [1.29, 1.82) is 0 Å². The van der Waals surface area contributed by atoms with Crippen molar-refractivity contribution in [3.8, 4) is 11.4 Å². The number of amides is 1. The third-order valence-electron chi connectivity index (χ3n) is 4.12. The van der Waals surface area contributed by atoms with Crippen LogP contribution in [0.15, 0.2) is 53.7 Å². The van der Waals surface area contributed by atoms with E-state index in [9.17, 15) is 9.18 Å². The molecule has 0 aliphatic heterocycles. The van der Waals surface area contributed by atoms with E-state index >= 15 is 0 Å². The van der Waals surface area contributed by atoms with Gasteiger partial charge in [0.15, 0.2) is 11.0 Å². The molecule has 0 atom stereocenters. The summed E-state index contributed by atoms with van der Waals surface area (Å²) in [7, 11) is 0. The Morgan fingerprint density at radius 3 is 2.70 bits per heavy atom. The summed E-state index contributed by atoms with van der Waals surface area (Å²) in [6.45, 7) is 0. The maximum Gasteiger partial charge on any atom is 0.234 e. The van der Waals surface area contributed by atoms with Crippen molar-refractivity contribution in [2.75, 3.05) is 11.1 Å². The quantitative estimate of drug-likeness (QED) is 0.601. The van der Waals surface area contributed by atoms with Crippen LogP contribution in [0.5, 0.6) is 0 Å². The summed E-state index contributed by atoms with van der Waals surface area (Å²) >= 11 is 7.27. The molecule has 0 saturated heterocycles. The molecule has 1 aliphatic rings. The first kappa shape index (κ1) is 18.0. The van der Waals surface area contributed by atoms with E-state index < -0.39 is 0 Å². The van der Waals surface area contributed by atoms with Gasteiger partial charge in [-0.1, -0.05) is 29.4 Å². The molecule has 1 amide bonds. The fraction of sp³-hybridized carbons (Fsp3) is 0.211. The summed E-state index contributed by atoms with van der Waals surface area (Å²) in [5.74, 6) is 0.482. The minimum Gasteiger partial charge on any atom is -0.325 e. The molecule has 0 unspecified atom stereocenters. The molecule has 1 heterocycles. The first-order valence-electron chi connectivity index (χ1n) is 8.49. The van der Waals surface area contributed by atoms with Crippen molar-refractivity contribution >= 4 is 35.0 Å². The van der Waals surface area contributed by atoms with Gasteiger partial charge in [0.2, 0.25) is 5.91 Å². The molecular formula is C19H16ClFN4OS. The molecule has 5 nitrogen and oxygen atoms in total. The van der Waals surface area contributed by atoms with E-state index in [-0.39, 0.29) is 17.5 Å². The van der Waals surface area contributed by atoms with Crippen LogP contribution in [0.3, 0.4) is 0 Å². The number of anilines is 1. The molecule has 8 heteroatoms. The van der Waals surface area contributed by atoms with E-state index in [1.54, 1.807) is 36.4 Å². The molecule has 2 aromatic carbocycles. The van der Waals surface area contributed by atoms with Gasteiger partial charge in [0, 0.05) is 22.3 Å². The second kappa shape index (κ2) is 7.70. The molecule has 1 aliphatic carbocycles. The van der Waals surface area contributed by atoms with Gasteiger partial charge in [0.25, 0.3) is 0 Å². The molecular weight excluding hydrogens is 387 g/mol. The molecule has 27 heavy (non-hydrogen) atoms. The number of hydrogen-bond acceptors (Lipinski definition) is 4. The van der Waals surface area contributed by atoms with Gasteiger partial charge in [-0.25, -0.2) is 4.39 Å². The summed E-state index contributed by atoms with van der Waals surface area (Å²) in [4.78, 5) is 12.2. The van der Waals surface area contributed by atoms with E-state index in [0.29, 0.717) is 27.7 Å². The van der Waals surface area contributed by atoms with Crippen molar-refractivity contribution < 1.29 is 9.18 Å². The Hall–Kier alpha value is -2.38. The molecule has 1 N–H and O–H groups in total. The average Bonchev–Trinajstić information content (AvgIpc) is 3.40. The average molecular weight is 403 g/mol. The minimum atomic E-state index is -0.288. The monoisotopic (exact) mass is 402 g/mol. The lowest BCUT2D eigenvalue weighted by molar-refractivity contribution is -0.113. The van der Waals surface area contributed by atoms with E-state index in [0.717, 1.165) is 18.4 Å². The number of aromatic nitrogens is 3. The number of carbonyl (C=O) groups excluding carboxylic acids is 1. The van der Waals surface area contributed by atoms with Crippen LogP contribution in [0.1, 0.15) is 18.9 Å². The number of halogens is 2. The second-order valence-corrected chi connectivity index (χ2v) is 7.64. The van der Waals surface area contributed by atoms with Crippen LogP contribution in [0.4, 0.5) is 10.1 Å². The number of thioether (sulfide) groups is 1. The van der Waals surface area contributed by atoms with Crippen molar-refractivity contribution in [3.63, 3.8) is 0 Å². The van der Waals surface area contributed by atoms with Crippen LogP contribution in [0.25, 0.3) is 11.4 Å². The first-order chi connectivity index (χ1) is 13.1. The Balaban J connectivity index is 1.47. The van der Waals surface area contributed by atoms with Gasteiger partial charge in [-0.2, -0.15) is 0 Å². The molecule has 3 aromatic rings. The predicted octanol–water partition coefficient (Wildman–Crippen LogP) is 4.80. The fourth-order valence-electron chi connectivity index (χ4n) is 2.73. The number of carbonyl (C=O) groups is 1. The Bertz CT molecular complexity index is 972. The third kappa shape index (κ3) is 4.31. The number of rotatable bonds is 6. The lowest BCUT2D eigenvalue weighted by Gasteiger charge is -2.09. The lowest BCUT2D eigenvalue weighted by atomic mass is 10.2. The number of nitrogens with one attached hydrogen (secondary N) is 1. The standard InChI is InChI=1S/C19H16ClFN4OS/c20-13-2-1-3-15(10-13)22-17(26)11-27-19-24-23-18(25(19)16-8-9-16)12-4-6-14(21)7-5-12/h1-7,10,16H,8-9,11H2,(H,22,26). The third-order valence-corrected chi connectivity index (χ3v) is 5.30. The van der Waals surface area contributed by atoms with Crippen LogP contribution in [0.2, 0.25) is 5.02 Å². The number of benzene rings is 2. The Morgan fingerprint density at radius 1 is 1.22 bits per heavy atom. The Morgan fingerprint density at radius 2 is 2.00 bits per heavy atom. The highest BCUT2D eigenvalue weighted by molar-refractivity contribution is 7.99. The van der Waals surface area contributed by atoms with Crippen molar-refractivity contribution in [2.45, 2.75) is 24.0 Å². The van der Waals surface area contributed by atoms with Gasteiger partial charge in [0.1, 0.15) is 5.82 Å². The van der Waals surface area contributed by atoms with E-state index in [1.165, 1.54) is 23.9 Å². The number of nitrogens with zero attached hydrogens (tertiary/aromatic N) is 3. The fourth-order valence-corrected chi connectivity index (χ4v) is 3.72. The maximum absolute atomic E-state index is 13.2. The van der Waals surface area contributed by atoms with Gasteiger partial charge >= 0.3 is 0 Å². The van der Waals surface area contributed by atoms with Crippen LogP contribution >= 0.6 is 23.4 Å². The normalized spacial score (nSPS) is 13.6. The van der Waals surface area contributed by atoms with Crippen LogP contribution < -0.4 is 5.32 Å². The first-order valence-corrected chi connectivity index (χ1v) is 9.85. The molecule has 0 bridgehead atoms. The summed E-state index contributed by atoms with van der Waals surface area (Å²) in [6.07, 6.45) is 2.10. The lowest BCUT2D eigenvalue weighted by Crippen LogP contribution is -2.14.